The van der Waals surface area contributed by atoms with Crippen LogP contribution in [0.25, 0.3) is 10.7 Å². The monoisotopic (exact) mass is 354 g/mol. The molecule has 0 spiro atoms. The molecule has 106 valence electrons. The van der Waals surface area contributed by atoms with E-state index in [4.69, 9.17) is 4.74 Å². The number of aryl methyl sites for hydroxylation is 1. The van der Waals surface area contributed by atoms with Gasteiger partial charge in [-0.15, -0.1) is 11.3 Å². The van der Waals surface area contributed by atoms with Gasteiger partial charge in [0.05, 0.1) is 22.7 Å². The fraction of sp³-hybridized carbons (Fsp3) is 0.357. The average Bonchev–Trinajstić information content (AvgIpc) is 2.86. The van der Waals surface area contributed by atoms with Gasteiger partial charge >= 0.3 is 5.97 Å². The number of hydrogen-bond donors (Lipinski definition) is 0. The molecule has 0 bridgehead atoms. The van der Waals surface area contributed by atoms with E-state index in [1.165, 1.54) is 0 Å². The van der Waals surface area contributed by atoms with Crippen molar-refractivity contribution in [3.05, 3.63) is 33.4 Å². The number of nitrogens with zero attached hydrogens (tertiary/aromatic N) is 2. The molecule has 2 heterocycles. The van der Waals surface area contributed by atoms with Crippen LogP contribution in [0.2, 0.25) is 0 Å². The number of esters is 1. The van der Waals surface area contributed by atoms with Crippen LogP contribution < -0.4 is 0 Å². The average molecular weight is 355 g/mol. The molecule has 0 fully saturated rings. The van der Waals surface area contributed by atoms with Gasteiger partial charge in [-0.1, -0.05) is 13.3 Å². The summed E-state index contributed by atoms with van der Waals surface area (Å²) in [6.45, 7) is 4.19. The molecular formula is C14H15BrN2O2S. The molecule has 2 aromatic rings. The van der Waals surface area contributed by atoms with Crippen molar-refractivity contribution in [3.63, 3.8) is 0 Å². The zero-order chi connectivity index (χ0) is 14.5. The third-order valence-electron chi connectivity index (χ3n) is 2.64. The Morgan fingerprint density at radius 2 is 2.25 bits per heavy atom. The van der Waals surface area contributed by atoms with Crippen LogP contribution in [0.5, 0.6) is 0 Å². The maximum atomic E-state index is 11.9. The topological polar surface area (TPSA) is 52.1 Å². The molecule has 0 aliphatic carbocycles. The van der Waals surface area contributed by atoms with Crippen molar-refractivity contribution in [2.75, 3.05) is 6.61 Å². The van der Waals surface area contributed by atoms with Gasteiger partial charge in [-0.3, -0.25) is 0 Å². The van der Waals surface area contributed by atoms with Crippen LogP contribution in [0.1, 0.15) is 36.3 Å². The summed E-state index contributed by atoms with van der Waals surface area (Å²) in [5.74, 6) is 0.298. The first-order valence-electron chi connectivity index (χ1n) is 6.43. The molecule has 0 atom stereocenters. The molecule has 6 heteroatoms. The van der Waals surface area contributed by atoms with Crippen molar-refractivity contribution >= 4 is 33.2 Å². The highest BCUT2D eigenvalue weighted by molar-refractivity contribution is 9.10. The highest BCUT2D eigenvalue weighted by atomic mass is 79.9. The first-order valence-corrected chi connectivity index (χ1v) is 8.10. The molecular weight excluding hydrogens is 340 g/mol. The number of thiophene rings is 1. The molecule has 0 aliphatic heterocycles. The Hall–Kier alpha value is -1.27. The van der Waals surface area contributed by atoms with Crippen molar-refractivity contribution in [2.24, 2.45) is 0 Å². The third kappa shape index (κ3) is 3.43. The van der Waals surface area contributed by atoms with Crippen LogP contribution in [0, 0.1) is 0 Å². The third-order valence-corrected chi connectivity index (χ3v) is 4.32. The van der Waals surface area contributed by atoms with E-state index < -0.39 is 0 Å². The van der Waals surface area contributed by atoms with E-state index in [0.717, 1.165) is 27.9 Å². The lowest BCUT2D eigenvalue weighted by atomic mass is 10.1. The second kappa shape index (κ2) is 6.95. The summed E-state index contributed by atoms with van der Waals surface area (Å²) in [6, 6.07) is 1.97. The van der Waals surface area contributed by atoms with E-state index in [1.807, 2.05) is 11.4 Å². The Morgan fingerprint density at radius 3 is 2.85 bits per heavy atom. The quantitative estimate of drug-likeness (QED) is 0.758. The van der Waals surface area contributed by atoms with Gasteiger partial charge in [0, 0.05) is 16.0 Å². The molecule has 0 unspecified atom stereocenters. The lowest BCUT2D eigenvalue weighted by molar-refractivity contribution is 0.0524. The Balaban J connectivity index is 2.39. The molecule has 0 saturated heterocycles. The molecule has 0 aliphatic rings. The van der Waals surface area contributed by atoms with E-state index in [0.29, 0.717) is 18.0 Å². The van der Waals surface area contributed by atoms with Gasteiger partial charge < -0.3 is 4.74 Å². The largest absolute Gasteiger partial charge is 0.462 e. The van der Waals surface area contributed by atoms with Gasteiger partial charge in [0.15, 0.2) is 5.82 Å². The molecule has 0 saturated carbocycles. The van der Waals surface area contributed by atoms with Crippen LogP contribution in [-0.4, -0.2) is 22.5 Å². The number of ether oxygens (including phenoxy) is 1. The number of carbonyl (C=O) groups is 1. The molecule has 2 rings (SSSR count). The van der Waals surface area contributed by atoms with Crippen LogP contribution >= 0.6 is 27.3 Å². The van der Waals surface area contributed by atoms with Crippen LogP contribution in [0.3, 0.4) is 0 Å². The minimum atomic E-state index is -0.352. The highest BCUT2D eigenvalue weighted by Gasteiger charge is 2.16. The van der Waals surface area contributed by atoms with Crippen molar-refractivity contribution in [3.8, 4) is 10.7 Å². The van der Waals surface area contributed by atoms with Gasteiger partial charge in [0.2, 0.25) is 0 Å². The lowest BCUT2D eigenvalue weighted by Gasteiger charge is -2.08. The minimum Gasteiger partial charge on any atom is -0.462 e. The van der Waals surface area contributed by atoms with Crippen molar-refractivity contribution in [1.82, 2.24) is 9.97 Å². The summed E-state index contributed by atoms with van der Waals surface area (Å²) >= 11 is 4.98. The van der Waals surface area contributed by atoms with E-state index in [2.05, 4.69) is 32.8 Å². The molecule has 2 aromatic heterocycles. The van der Waals surface area contributed by atoms with Gasteiger partial charge in [0.1, 0.15) is 0 Å². The van der Waals surface area contributed by atoms with E-state index in [1.54, 1.807) is 24.5 Å². The smallest absolute Gasteiger partial charge is 0.341 e. The summed E-state index contributed by atoms with van der Waals surface area (Å²) < 4.78 is 6.05. The first-order chi connectivity index (χ1) is 9.65. The lowest BCUT2D eigenvalue weighted by Crippen LogP contribution is -2.11. The Bertz CT molecular complexity index is 613. The predicted molar refractivity (Wildman–Crippen MR) is 83.0 cm³/mol. The fourth-order valence-corrected chi connectivity index (χ4v) is 3.14. The zero-order valence-electron chi connectivity index (χ0n) is 11.4. The number of halogens is 1. The number of hydrogen-bond acceptors (Lipinski definition) is 5. The van der Waals surface area contributed by atoms with Crippen molar-refractivity contribution in [1.29, 1.82) is 0 Å². The van der Waals surface area contributed by atoms with Gasteiger partial charge in [-0.05, 0) is 35.3 Å². The van der Waals surface area contributed by atoms with E-state index in [-0.39, 0.29) is 5.97 Å². The van der Waals surface area contributed by atoms with Crippen LogP contribution in [-0.2, 0) is 11.2 Å². The number of aromatic nitrogens is 2. The Morgan fingerprint density at radius 1 is 1.45 bits per heavy atom. The van der Waals surface area contributed by atoms with Gasteiger partial charge in [0.25, 0.3) is 0 Å². The number of rotatable bonds is 5. The van der Waals surface area contributed by atoms with Gasteiger partial charge in [-0.2, -0.15) is 0 Å². The predicted octanol–water partition coefficient (Wildman–Crippen LogP) is 4.10. The fourth-order valence-electron chi connectivity index (χ4n) is 1.77. The van der Waals surface area contributed by atoms with E-state index in [9.17, 15) is 4.79 Å². The molecule has 0 N–H and O–H groups in total. The second-order valence-corrected chi connectivity index (χ2v) is 5.98. The zero-order valence-corrected chi connectivity index (χ0v) is 13.8. The SMILES string of the molecule is CCCc1nc(-c2cc(Br)cs2)ncc1C(=O)OCC. The number of carbonyl (C=O) groups excluding carboxylic acids is 1. The summed E-state index contributed by atoms with van der Waals surface area (Å²) in [7, 11) is 0. The van der Waals surface area contributed by atoms with Gasteiger partial charge in [-0.25, -0.2) is 14.8 Å². The molecule has 0 amide bonds. The van der Waals surface area contributed by atoms with Crippen molar-refractivity contribution < 1.29 is 9.53 Å². The maximum absolute atomic E-state index is 11.9. The first kappa shape index (κ1) is 15.1. The molecule has 4 nitrogen and oxygen atoms in total. The maximum Gasteiger partial charge on any atom is 0.341 e. The Kier molecular flexibility index (Phi) is 5.25. The Labute approximate surface area is 130 Å². The molecule has 0 aromatic carbocycles. The summed E-state index contributed by atoms with van der Waals surface area (Å²) in [4.78, 5) is 21.7. The van der Waals surface area contributed by atoms with Crippen LogP contribution in [0.4, 0.5) is 0 Å². The van der Waals surface area contributed by atoms with Crippen molar-refractivity contribution in [2.45, 2.75) is 26.7 Å². The highest BCUT2D eigenvalue weighted by Crippen LogP contribution is 2.28. The second-order valence-electron chi connectivity index (χ2n) is 4.15. The molecule has 0 radical (unpaired) electrons. The molecule has 20 heavy (non-hydrogen) atoms. The summed E-state index contributed by atoms with van der Waals surface area (Å²) in [5.41, 5.74) is 1.22. The standard InChI is InChI=1S/C14H15BrN2O2S/c1-3-5-11-10(14(18)19-4-2)7-16-13(17-11)12-6-9(15)8-20-12/h6-8H,3-5H2,1-2H3. The minimum absolute atomic E-state index is 0.351. The van der Waals surface area contributed by atoms with Crippen LogP contribution in [0.15, 0.2) is 22.1 Å². The summed E-state index contributed by atoms with van der Waals surface area (Å²) in [5, 5.41) is 1.98. The van der Waals surface area contributed by atoms with E-state index >= 15 is 0 Å². The normalized spacial score (nSPS) is 10.6. The summed E-state index contributed by atoms with van der Waals surface area (Å²) in [6.07, 6.45) is 3.21.